The molecule has 0 spiro atoms. The van der Waals surface area contributed by atoms with Gasteiger partial charge in [0.15, 0.2) is 0 Å². The van der Waals surface area contributed by atoms with Gasteiger partial charge in [-0.2, -0.15) is 0 Å². The number of nitrogens with zero attached hydrogens (tertiary/aromatic N) is 2. The fraction of sp³-hybridized carbons (Fsp3) is 0.143. The molecule has 1 heterocycles. The van der Waals surface area contributed by atoms with Crippen LogP contribution in [-0.4, -0.2) is 9.55 Å². The van der Waals surface area contributed by atoms with Crippen LogP contribution in [0.4, 0.5) is 0 Å². The molecule has 0 atom stereocenters. The highest BCUT2D eigenvalue weighted by Gasteiger charge is 1.87. The van der Waals surface area contributed by atoms with Crippen molar-refractivity contribution in [1.29, 1.82) is 0 Å². The second-order valence-corrected chi connectivity index (χ2v) is 1.71. The summed E-state index contributed by atoms with van der Waals surface area (Å²) in [6.45, 7) is 5.37. The molecule has 0 bridgehead atoms. The van der Waals surface area contributed by atoms with Crippen molar-refractivity contribution in [3.05, 3.63) is 30.5 Å². The molecule has 0 radical (unpaired) electrons. The van der Waals surface area contributed by atoms with Gasteiger partial charge in [-0.1, -0.05) is 6.58 Å². The lowest BCUT2D eigenvalue weighted by molar-refractivity contribution is 1.03. The standard InChI is InChI=1S/C7H8N2/c1-3-5-9-6-4-8-7(9)2/h4-6H,1H2,2H3. The van der Waals surface area contributed by atoms with E-state index in [9.17, 15) is 0 Å². The zero-order chi connectivity index (χ0) is 6.69. The smallest absolute Gasteiger partial charge is 0.110 e. The van der Waals surface area contributed by atoms with Crippen molar-refractivity contribution >= 4 is 6.20 Å². The van der Waals surface area contributed by atoms with Gasteiger partial charge in [-0.05, 0) is 6.92 Å². The van der Waals surface area contributed by atoms with Crippen LogP contribution in [0.3, 0.4) is 0 Å². The van der Waals surface area contributed by atoms with Crippen molar-refractivity contribution in [3.63, 3.8) is 0 Å². The first-order chi connectivity index (χ1) is 4.34. The molecule has 2 heteroatoms. The average molecular weight is 120 g/mol. The molecule has 9 heavy (non-hydrogen) atoms. The van der Waals surface area contributed by atoms with E-state index in [2.05, 4.69) is 17.3 Å². The fourth-order valence-corrected chi connectivity index (χ4v) is 0.622. The fourth-order valence-electron chi connectivity index (χ4n) is 0.622. The summed E-state index contributed by atoms with van der Waals surface area (Å²) in [6, 6.07) is 0. The quantitative estimate of drug-likeness (QED) is 0.513. The summed E-state index contributed by atoms with van der Waals surface area (Å²) in [7, 11) is 0. The minimum Gasteiger partial charge on any atom is -0.304 e. The Morgan fingerprint density at radius 3 is 3.11 bits per heavy atom. The Bertz CT molecular complexity index is 241. The van der Waals surface area contributed by atoms with E-state index in [0.29, 0.717) is 0 Å². The molecule has 0 N–H and O–H groups in total. The Morgan fingerprint density at radius 2 is 2.67 bits per heavy atom. The molecule has 1 rings (SSSR count). The Labute approximate surface area is 54.2 Å². The van der Waals surface area contributed by atoms with Gasteiger partial charge in [-0.25, -0.2) is 4.98 Å². The molecule has 0 aliphatic carbocycles. The summed E-state index contributed by atoms with van der Waals surface area (Å²) in [5, 5.41) is 0. The third kappa shape index (κ3) is 1.09. The summed E-state index contributed by atoms with van der Waals surface area (Å²) < 4.78 is 1.85. The molecular weight excluding hydrogens is 112 g/mol. The van der Waals surface area contributed by atoms with Crippen LogP contribution < -0.4 is 0 Å². The lowest BCUT2D eigenvalue weighted by Gasteiger charge is -1.89. The van der Waals surface area contributed by atoms with Gasteiger partial charge in [0.1, 0.15) is 5.82 Å². The third-order valence-electron chi connectivity index (χ3n) is 1.09. The van der Waals surface area contributed by atoms with Gasteiger partial charge in [-0.15, -0.1) is 5.73 Å². The van der Waals surface area contributed by atoms with Crippen LogP contribution in [0.5, 0.6) is 0 Å². The number of imidazole rings is 1. The average Bonchev–Trinajstić information content (AvgIpc) is 2.18. The van der Waals surface area contributed by atoms with Gasteiger partial charge in [0.2, 0.25) is 0 Å². The van der Waals surface area contributed by atoms with Crippen molar-refractivity contribution < 1.29 is 0 Å². The lowest BCUT2D eigenvalue weighted by atomic mass is 10.7. The Kier molecular flexibility index (Phi) is 1.52. The maximum absolute atomic E-state index is 4.00. The van der Waals surface area contributed by atoms with Crippen molar-refractivity contribution in [2.24, 2.45) is 0 Å². The van der Waals surface area contributed by atoms with E-state index in [-0.39, 0.29) is 0 Å². The monoisotopic (exact) mass is 120 g/mol. The summed E-state index contributed by atoms with van der Waals surface area (Å²) in [4.78, 5) is 4.00. The van der Waals surface area contributed by atoms with Crippen LogP contribution in [0.2, 0.25) is 0 Å². The van der Waals surface area contributed by atoms with E-state index in [1.807, 2.05) is 17.7 Å². The van der Waals surface area contributed by atoms with Crippen molar-refractivity contribution in [2.75, 3.05) is 0 Å². The highest BCUT2D eigenvalue weighted by atomic mass is 15.0. The van der Waals surface area contributed by atoms with Gasteiger partial charge >= 0.3 is 0 Å². The van der Waals surface area contributed by atoms with Crippen LogP contribution in [0.15, 0.2) is 24.7 Å². The topological polar surface area (TPSA) is 17.8 Å². The molecule has 0 saturated heterocycles. The minimum absolute atomic E-state index is 0.950. The number of hydrogen-bond acceptors (Lipinski definition) is 1. The van der Waals surface area contributed by atoms with E-state index >= 15 is 0 Å². The second kappa shape index (κ2) is 2.33. The predicted molar refractivity (Wildman–Crippen MR) is 36.9 cm³/mol. The molecule has 2 nitrogen and oxygen atoms in total. The zero-order valence-electron chi connectivity index (χ0n) is 5.33. The molecular formula is C7H8N2. The van der Waals surface area contributed by atoms with Crippen LogP contribution in [-0.2, 0) is 0 Å². The molecule has 0 fully saturated rings. The Morgan fingerprint density at radius 1 is 1.89 bits per heavy atom. The molecule has 0 saturated carbocycles. The normalized spacial score (nSPS) is 8.56. The van der Waals surface area contributed by atoms with Crippen LogP contribution >= 0.6 is 0 Å². The first-order valence-corrected chi connectivity index (χ1v) is 2.70. The molecule has 1 aromatic rings. The first kappa shape index (κ1) is 5.86. The number of aromatic nitrogens is 2. The SMILES string of the molecule is C=C=Cn1ccnc1C. The molecule has 0 aromatic carbocycles. The lowest BCUT2D eigenvalue weighted by Crippen LogP contribution is -1.85. The van der Waals surface area contributed by atoms with Gasteiger partial charge in [-0.3, -0.25) is 0 Å². The number of hydrogen-bond donors (Lipinski definition) is 0. The van der Waals surface area contributed by atoms with Crippen molar-refractivity contribution in [1.82, 2.24) is 9.55 Å². The summed E-state index contributed by atoms with van der Waals surface area (Å²) in [5.74, 6) is 0.950. The molecule has 0 unspecified atom stereocenters. The molecule has 0 amide bonds. The summed E-state index contributed by atoms with van der Waals surface area (Å²) in [5.41, 5.74) is 2.66. The van der Waals surface area contributed by atoms with Gasteiger partial charge in [0, 0.05) is 12.4 Å². The van der Waals surface area contributed by atoms with Crippen LogP contribution in [0, 0.1) is 6.92 Å². The van der Waals surface area contributed by atoms with E-state index < -0.39 is 0 Å². The maximum atomic E-state index is 4.00. The Hall–Kier alpha value is -1.27. The Balaban J connectivity index is 3.07. The van der Waals surface area contributed by atoms with Crippen LogP contribution in [0.1, 0.15) is 5.82 Å². The maximum Gasteiger partial charge on any atom is 0.110 e. The van der Waals surface area contributed by atoms with E-state index in [1.54, 1.807) is 12.4 Å². The largest absolute Gasteiger partial charge is 0.304 e. The van der Waals surface area contributed by atoms with Gasteiger partial charge in [0.25, 0.3) is 0 Å². The number of rotatable bonds is 1. The highest BCUT2D eigenvalue weighted by Crippen LogP contribution is 1.93. The molecule has 0 aliphatic heterocycles. The number of aryl methyl sites for hydroxylation is 1. The first-order valence-electron chi connectivity index (χ1n) is 2.70. The molecule has 0 aliphatic rings. The predicted octanol–water partition coefficient (Wildman–Crippen LogP) is 1.45. The van der Waals surface area contributed by atoms with Gasteiger partial charge < -0.3 is 4.57 Å². The summed E-state index contributed by atoms with van der Waals surface area (Å²) >= 11 is 0. The minimum atomic E-state index is 0.950. The van der Waals surface area contributed by atoms with Gasteiger partial charge in [0.05, 0.1) is 6.20 Å². The highest BCUT2D eigenvalue weighted by molar-refractivity contribution is 5.21. The van der Waals surface area contributed by atoms with E-state index in [4.69, 9.17) is 0 Å². The molecule has 46 valence electrons. The van der Waals surface area contributed by atoms with Crippen molar-refractivity contribution in [2.45, 2.75) is 6.92 Å². The van der Waals surface area contributed by atoms with E-state index in [1.165, 1.54) is 0 Å². The van der Waals surface area contributed by atoms with E-state index in [0.717, 1.165) is 5.82 Å². The second-order valence-electron chi connectivity index (χ2n) is 1.71. The summed E-state index contributed by atoms with van der Waals surface area (Å²) in [6.07, 6.45) is 5.33. The van der Waals surface area contributed by atoms with Crippen LogP contribution in [0.25, 0.3) is 6.20 Å². The molecule has 1 aromatic heterocycles. The zero-order valence-corrected chi connectivity index (χ0v) is 5.33. The third-order valence-corrected chi connectivity index (χ3v) is 1.09. The van der Waals surface area contributed by atoms with Crippen molar-refractivity contribution in [3.8, 4) is 0 Å².